The lowest BCUT2D eigenvalue weighted by molar-refractivity contribution is -0.0336. The van der Waals surface area contributed by atoms with Gasteiger partial charge in [0.15, 0.2) is 0 Å². The first-order valence-electron chi connectivity index (χ1n) is 21.0. The molecule has 0 aliphatic carbocycles. The molecule has 4 heterocycles. The molecule has 1 amide bonds. The van der Waals surface area contributed by atoms with Gasteiger partial charge in [-0.1, -0.05) is 66.7 Å². The number of esters is 1. The maximum Gasteiger partial charge on any atom is 0.408 e. The molecular formula is C49H49BrN4O9. The Labute approximate surface area is 373 Å². The highest BCUT2D eigenvalue weighted by Crippen LogP contribution is 2.32. The number of hydrogen-bond acceptors (Lipinski definition) is 11. The lowest BCUT2D eigenvalue weighted by atomic mass is 9.86. The molecule has 3 atom stereocenters. The van der Waals surface area contributed by atoms with Gasteiger partial charge in [0.2, 0.25) is 5.56 Å². The summed E-state index contributed by atoms with van der Waals surface area (Å²) in [5, 5.41) is 27.9. The van der Waals surface area contributed by atoms with Gasteiger partial charge in [0.05, 0.1) is 27.7 Å². The molecular weight excluding hydrogens is 868 g/mol. The third-order valence-corrected chi connectivity index (χ3v) is 12.2. The number of nitrogens with zero attached hydrogens (tertiary/aromatic N) is 1. The number of fused-ring (bicyclic) bond motifs is 4. The van der Waals surface area contributed by atoms with Crippen LogP contribution >= 0.6 is 15.9 Å². The van der Waals surface area contributed by atoms with Crippen molar-refractivity contribution >= 4 is 38.9 Å². The number of nitrogens with one attached hydrogen (secondary N) is 3. The number of rotatable bonds is 17. The molecule has 0 radical (unpaired) electrons. The van der Waals surface area contributed by atoms with Crippen molar-refractivity contribution in [1.82, 2.24) is 20.5 Å². The summed E-state index contributed by atoms with van der Waals surface area (Å²) in [6.45, 7) is 4.09. The number of carbonyl (C=O) groups excluding carboxylic acids is 2. The number of amides is 1. The number of hydrogen-bond donors (Lipinski definition) is 5. The average Bonchev–Trinajstić information content (AvgIpc) is 3.30. The predicted octanol–water partition coefficient (Wildman–Crippen LogP) is 7.54. The van der Waals surface area contributed by atoms with Crippen molar-refractivity contribution in [2.75, 3.05) is 39.4 Å². The number of halogens is 1. The SMILES string of the molecule is O=C(NC(c1ccccc1)c1cccc(OCc2ccc(C(=O)OCCOc3ccc(CNCC(O)c4ccc(O)c5[nH]c(=O)ccc45)cc3Br)cc2)c1)O[C@H]1CN2CCC1CC2. The lowest BCUT2D eigenvalue weighted by Gasteiger charge is -2.43. The smallest absolute Gasteiger partial charge is 0.408 e. The number of benzene rings is 5. The van der Waals surface area contributed by atoms with Crippen molar-refractivity contribution in [3.8, 4) is 17.2 Å². The van der Waals surface area contributed by atoms with Crippen molar-refractivity contribution in [2.45, 2.75) is 44.2 Å². The fourth-order valence-corrected chi connectivity index (χ4v) is 8.72. The first-order valence-corrected chi connectivity index (χ1v) is 21.8. The van der Waals surface area contributed by atoms with Gasteiger partial charge < -0.3 is 44.8 Å². The normalized spacial score (nSPS) is 17.7. The summed E-state index contributed by atoms with van der Waals surface area (Å²) < 4.78 is 24.2. The van der Waals surface area contributed by atoms with Crippen LogP contribution in [0.5, 0.6) is 17.2 Å². The van der Waals surface area contributed by atoms with E-state index in [1.165, 1.54) is 12.1 Å². The van der Waals surface area contributed by atoms with Crippen LogP contribution in [-0.2, 0) is 22.6 Å². The van der Waals surface area contributed by atoms with Crippen LogP contribution in [-0.4, -0.2) is 77.7 Å². The molecule has 0 saturated carbocycles. The maximum absolute atomic E-state index is 13.2. The summed E-state index contributed by atoms with van der Waals surface area (Å²) in [6, 6.07) is 35.7. The van der Waals surface area contributed by atoms with E-state index in [4.69, 9.17) is 18.9 Å². The largest absolute Gasteiger partial charge is 0.506 e. The highest BCUT2D eigenvalue weighted by molar-refractivity contribution is 9.10. The number of aromatic nitrogens is 1. The standard InChI is InChI=1S/C49H49BrN4O9/c50-40-25-32(27-51-28-42(56)38-14-16-41(55)47-39(38)15-18-45(57)52-47)11-17-43(40)60-23-24-61-48(58)35-12-9-31(10-13-35)30-62-37-8-4-7-36(26-37)46(34-5-2-1-3-6-34)53-49(59)63-44-29-54-21-19-33(44)20-22-54/h1-18,25-26,33,42,44,46,51,55-56H,19-24,27-30H2,(H,52,57)(H,53,59)/t42?,44-,46?/m0/s1. The van der Waals surface area contributed by atoms with Crippen LogP contribution in [0.25, 0.3) is 10.9 Å². The Hall–Kier alpha value is -6.19. The van der Waals surface area contributed by atoms with E-state index in [2.05, 4.69) is 36.4 Å². The van der Waals surface area contributed by atoms with Crippen LogP contribution in [0.2, 0.25) is 0 Å². The number of aliphatic hydroxyl groups is 1. The Morgan fingerprint density at radius 1 is 0.841 bits per heavy atom. The monoisotopic (exact) mass is 916 g/mol. The molecule has 13 nitrogen and oxygen atoms in total. The van der Waals surface area contributed by atoms with E-state index < -0.39 is 24.2 Å². The van der Waals surface area contributed by atoms with E-state index in [1.807, 2.05) is 84.9 Å². The predicted molar refractivity (Wildman–Crippen MR) is 241 cm³/mol. The number of pyridine rings is 1. The maximum atomic E-state index is 13.2. The van der Waals surface area contributed by atoms with Crippen molar-refractivity contribution in [3.05, 3.63) is 170 Å². The first kappa shape index (κ1) is 43.5. The number of phenolic OH excluding ortho intramolecular Hbond substituents is 1. The summed E-state index contributed by atoms with van der Waals surface area (Å²) >= 11 is 3.55. The summed E-state index contributed by atoms with van der Waals surface area (Å²) in [6.07, 6.45) is 0.722. The van der Waals surface area contributed by atoms with Gasteiger partial charge in [-0.25, -0.2) is 9.59 Å². The van der Waals surface area contributed by atoms with E-state index >= 15 is 0 Å². The minimum atomic E-state index is -0.878. The number of phenols is 1. The number of carbonyl (C=O) groups is 2. The van der Waals surface area contributed by atoms with Crippen LogP contribution in [0.15, 0.2) is 131 Å². The zero-order valence-electron chi connectivity index (χ0n) is 34.5. The number of aliphatic hydroxyl groups excluding tert-OH is 1. The molecule has 0 spiro atoms. The molecule has 9 rings (SSSR count). The van der Waals surface area contributed by atoms with Crippen LogP contribution in [0, 0.1) is 5.92 Å². The van der Waals surface area contributed by atoms with Crippen molar-refractivity contribution in [1.29, 1.82) is 0 Å². The van der Waals surface area contributed by atoms with Crippen molar-refractivity contribution in [2.24, 2.45) is 5.92 Å². The molecule has 63 heavy (non-hydrogen) atoms. The van der Waals surface area contributed by atoms with Gasteiger partial charge in [-0.15, -0.1) is 0 Å². The summed E-state index contributed by atoms with van der Waals surface area (Å²) in [7, 11) is 0. The molecule has 2 bridgehead atoms. The molecule has 14 heteroatoms. The van der Waals surface area contributed by atoms with Gasteiger partial charge in [-0.2, -0.15) is 0 Å². The molecule has 5 aromatic carbocycles. The molecule has 6 aromatic rings. The second-order valence-electron chi connectivity index (χ2n) is 15.8. The van der Waals surface area contributed by atoms with Gasteiger partial charge in [0.1, 0.15) is 43.2 Å². The Bertz CT molecular complexity index is 2580. The van der Waals surface area contributed by atoms with Gasteiger partial charge in [0.25, 0.3) is 0 Å². The molecule has 1 aromatic heterocycles. The fraction of sp³-hybridized carbons (Fsp3) is 0.286. The van der Waals surface area contributed by atoms with E-state index in [-0.39, 0.29) is 49.3 Å². The minimum Gasteiger partial charge on any atom is -0.506 e. The summed E-state index contributed by atoms with van der Waals surface area (Å²) in [5.41, 5.74) is 4.53. The summed E-state index contributed by atoms with van der Waals surface area (Å²) in [5.74, 6) is 1.10. The second kappa shape index (κ2) is 20.3. The minimum absolute atomic E-state index is 0.0454. The van der Waals surface area contributed by atoms with Gasteiger partial charge >= 0.3 is 12.1 Å². The van der Waals surface area contributed by atoms with E-state index in [9.17, 15) is 24.6 Å². The number of alkyl carbamates (subject to hydrolysis) is 1. The number of aromatic hydroxyl groups is 1. The fourth-order valence-electron chi connectivity index (χ4n) is 8.18. The zero-order chi connectivity index (χ0) is 43.7. The molecule has 326 valence electrons. The average molecular weight is 918 g/mol. The molecule has 5 N–H and O–H groups in total. The summed E-state index contributed by atoms with van der Waals surface area (Å²) in [4.78, 5) is 42.8. The Morgan fingerprint density at radius 2 is 1.62 bits per heavy atom. The number of H-pyrrole nitrogens is 1. The zero-order valence-corrected chi connectivity index (χ0v) is 36.1. The molecule has 3 fully saturated rings. The molecule has 3 saturated heterocycles. The van der Waals surface area contributed by atoms with Crippen molar-refractivity contribution in [3.63, 3.8) is 0 Å². The molecule has 3 aliphatic rings. The van der Waals surface area contributed by atoms with Gasteiger partial charge in [-0.3, -0.25) is 9.69 Å². The lowest BCUT2D eigenvalue weighted by Crippen LogP contribution is -2.52. The van der Waals surface area contributed by atoms with E-state index in [1.54, 1.807) is 24.3 Å². The highest BCUT2D eigenvalue weighted by atomic mass is 79.9. The van der Waals surface area contributed by atoms with Gasteiger partial charge in [-0.05, 0) is 124 Å². The third kappa shape index (κ3) is 11.1. The van der Waals surface area contributed by atoms with E-state index in [0.717, 1.165) is 59.2 Å². The van der Waals surface area contributed by atoms with Crippen LogP contribution in [0.1, 0.15) is 63.2 Å². The highest BCUT2D eigenvalue weighted by Gasteiger charge is 2.37. The molecule has 2 unspecified atom stereocenters. The molecule has 3 aliphatic heterocycles. The van der Waals surface area contributed by atoms with Gasteiger partial charge in [0, 0.05) is 31.1 Å². The third-order valence-electron chi connectivity index (χ3n) is 11.5. The Balaban J connectivity index is 0.773. The first-order chi connectivity index (χ1) is 30.7. The topological polar surface area (TPSA) is 172 Å². The number of ether oxygens (including phenoxy) is 4. The van der Waals surface area contributed by atoms with Crippen LogP contribution in [0.3, 0.4) is 0 Å². The number of aromatic amines is 1. The van der Waals surface area contributed by atoms with Crippen LogP contribution < -0.4 is 25.7 Å². The second-order valence-corrected chi connectivity index (χ2v) is 16.7. The van der Waals surface area contributed by atoms with E-state index in [0.29, 0.717) is 40.5 Å². The van der Waals surface area contributed by atoms with Crippen LogP contribution in [0.4, 0.5) is 4.79 Å². The quantitative estimate of drug-likeness (QED) is 0.0452. The Morgan fingerprint density at radius 3 is 2.38 bits per heavy atom. The Kier molecular flexibility index (Phi) is 14.0. The number of piperidine rings is 3. The van der Waals surface area contributed by atoms with Crippen molar-refractivity contribution < 1.29 is 38.7 Å².